The van der Waals surface area contributed by atoms with Gasteiger partial charge in [-0.15, -0.1) is 11.3 Å². The summed E-state index contributed by atoms with van der Waals surface area (Å²) in [6.07, 6.45) is 4.78. The van der Waals surface area contributed by atoms with Gasteiger partial charge in [0.25, 0.3) is 5.91 Å². The van der Waals surface area contributed by atoms with Crippen molar-refractivity contribution in [3.63, 3.8) is 0 Å². The second-order valence-electron chi connectivity index (χ2n) is 6.01. The molecule has 1 amide bonds. The Labute approximate surface area is 130 Å². The van der Waals surface area contributed by atoms with Gasteiger partial charge in [-0.05, 0) is 31.6 Å². The van der Waals surface area contributed by atoms with E-state index in [1.54, 1.807) is 21.2 Å². The quantitative estimate of drug-likeness (QED) is 0.897. The lowest BCUT2D eigenvalue weighted by Crippen LogP contribution is -2.24. The number of rotatable bonds is 4. The summed E-state index contributed by atoms with van der Waals surface area (Å²) >= 11 is 1.39. The van der Waals surface area contributed by atoms with Crippen LogP contribution in [0.2, 0.25) is 0 Å². The van der Waals surface area contributed by atoms with Gasteiger partial charge in [-0.2, -0.15) is 0 Å². The largest absolute Gasteiger partial charge is 0.492 e. The summed E-state index contributed by atoms with van der Waals surface area (Å²) in [7, 11) is 5.05. The Morgan fingerprint density at radius 1 is 1.33 bits per heavy atom. The fourth-order valence-electron chi connectivity index (χ4n) is 2.68. The third kappa shape index (κ3) is 3.43. The first-order chi connectivity index (χ1) is 9.93. The topological polar surface area (TPSA) is 67.6 Å². The van der Waals surface area contributed by atoms with E-state index in [1.807, 2.05) is 0 Å². The summed E-state index contributed by atoms with van der Waals surface area (Å²) in [6, 6.07) is 0.440. The molecule has 118 valence electrons. The number of anilines is 2. The summed E-state index contributed by atoms with van der Waals surface area (Å²) in [5, 5.41) is 4.39. The molecule has 0 unspecified atom stereocenters. The first-order valence-electron chi connectivity index (χ1n) is 7.38. The second-order valence-corrected chi connectivity index (χ2v) is 7.03. The van der Waals surface area contributed by atoms with Gasteiger partial charge in [0.15, 0.2) is 5.75 Å². The van der Waals surface area contributed by atoms with E-state index in [2.05, 4.69) is 12.2 Å². The molecule has 0 atom stereocenters. The van der Waals surface area contributed by atoms with Crippen LogP contribution in [0.3, 0.4) is 0 Å². The minimum atomic E-state index is -0.0823. The minimum Gasteiger partial charge on any atom is -0.492 e. The van der Waals surface area contributed by atoms with Crippen LogP contribution in [0.15, 0.2) is 0 Å². The summed E-state index contributed by atoms with van der Waals surface area (Å²) < 4.78 is 5.40. The Morgan fingerprint density at radius 3 is 2.48 bits per heavy atom. The van der Waals surface area contributed by atoms with Gasteiger partial charge in [0.05, 0.1) is 7.11 Å². The van der Waals surface area contributed by atoms with Crippen LogP contribution in [0.25, 0.3) is 0 Å². The highest BCUT2D eigenvalue weighted by molar-refractivity contribution is 7.19. The summed E-state index contributed by atoms with van der Waals surface area (Å²) in [4.78, 5) is 14.2. The standard InChI is InChI=1S/C15H25N3O2S/c1-9-5-7-10(8-6-9)17-14-12(20-4)11(16)13(21-14)15(19)18(2)3/h9-10,17H,5-8,16H2,1-4H3. The zero-order valence-corrected chi connectivity index (χ0v) is 14.0. The van der Waals surface area contributed by atoms with E-state index < -0.39 is 0 Å². The van der Waals surface area contributed by atoms with E-state index in [0.717, 1.165) is 23.8 Å². The normalized spacial score (nSPS) is 21.9. The molecule has 3 N–H and O–H groups in total. The molecule has 0 saturated heterocycles. The Balaban J connectivity index is 2.19. The number of amides is 1. The predicted molar refractivity (Wildman–Crippen MR) is 88.3 cm³/mol. The molecule has 1 saturated carbocycles. The maximum absolute atomic E-state index is 12.2. The van der Waals surface area contributed by atoms with Crippen molar-refractivity contribution in [2.24, 2.45) is 5.92 Å². The molecule has 0 radical (unpaired) electrons. The number of hydrogen-bond acceptors (Lipinski definition) is 5. The molecular formula is C15H25N3O2S. The van der Waals surface area contributed by atoms with Crippen molar-refractivity contribution in [3.05, 3.63) is 4.88 Å². The maximum atomic E-state index is 12.2. The fraction of sp³-hybridized carbons (Fsp3) is 0.667. The van der Waals surface area contributed by atoms with E-state index in [4.69, 9.17) is 10.5 Å². The molecule has 21 heavy (non-hydrogen) atoms. The highest BCUT2D eigenvalue weighted by atomic mass is 32.1. The number of thiophene rings is 1. The van der Waals surface area contributed by atoms with Gasteiger partial charge in [0.1, 0.15) is 15.6 Å². The van der Waals surface area contributed by atoms with Crippen LogP contribution in [-0.4, -0.2) is 38.1 Å². The van der Waals surface area contributed by atoms with Gasteiger partial charge in [-0.25, -0.2) is 0 Å². The minimum absolute atomic E-state index is 0.0823. The maximum Gasteiger partial charge on any atom is 0.265 e. The van der Waals surface area contributed by atoms with Gasteiger partial charge in [-0.3, -0.25) is 4.79 Å². The molecule has 1 fully saturated rings. The molecule has 2 rings (SSSR count). The summed E-state index contributed by atoms with van der Waals surface area (Å²) in [5.74, 6) is 1.33. The molecule has 5 nitrogen and oxygen atoms in total. The van der Waals surface area contributed by atoms with Crippen LogP contribution < -0.4 is 15.8 Å². The van der Waals surface area contributed by atoms with E-state index >= 15 is 0 Å². The number of ether oxygens (including phenoxy) is 1. The molecule has 1 heterocycles. The molecule has 1 aliphatic rings. The van der Waals surface area contributed by atoms with Crippen LogP contribution in [0.1, 0.15) is 42.3 Å². The third-order valence-electron chi connectivity index (χ3n) is 4.06. The smallest absolute Gasteiger partial charge is 0.265 e. The highest BCUT2D eigenvalue weighted by Gasteiger charge is 2.25. The lowest BCUT2D eigenvalue weighted by molar-refractivity contribution is 0.0833. The summed E-state index contributed by atoms with van der Waals surface area (Å²) in [5.41, 5.74) is 6.52. The number of nitrogens with one attached hydrogen (secondary N) is 1. The van der Waals surface area contributed by atoms with E-state index in [1.165, 1.54) is 29.1 Å². The number of carbonyl (C=O) groups excluding carboxylic acids is 1. The van der Waals surface area contributed by atoms with Crippen LogP contribution in [0.5, 0.6) is 5.75 Å². The van der Waals surface area contributed by atoms with Crippen LogP contribution in [0, 0.1) is 5.92 Å². The van der Waals surface area contributed by atoms with Crippen LogP contribution in [-0.2, 0) is 0 Å². The first-order valence-corrected chi connectivity index (χ1v) is 8.20. The fourth-order valence-corrected chi connectivity index (χ4v) is 3.87. The van der Waals surface area contributed by atoms with Crippen molar-refractivity contribution in [2.45, 2.75) is 38.6 Å². The molecule has 0 spiro atoms. The van der Waals surface area contributed by atoms with Crippen LogP contribution >= 0.6 is 11.3 Å². The predicted octanol–water partition coefficient (Wildman–Crippen LogP) is 3.03. The average Bonchev–Trinajstić information content (AvgIpc) is 2.76. The Hall–Kier alpha value is -1.43. The summed E-state index contributed by atoms with van der Waals surface area (Å²) in [6.45, 7) is 2.30. The number of carbonyl (C=O) groups is 1. The molecular weight excluding hydrogens is 286 g/mol. The molecule has 0 aliphatic heterocycles. The van der Waals surface area contributed by atoms with Gasteiger partial charge in [0.2, 0.25) is 0 Å². The first kappa shape index (κ1) is 15.9. The highest BCUT2D eigenvalue weighted by Crippen LogP contribution is 2.44. The number of nitrogens with two attached hydrogens (primary N) is 1. The van der Waals surface area contributed by atoms with Crippen molar-refractivity contribution in [1.82, 2.24) is 4.90 Å². The molecule has 0 aromatic carbocycles. The second kappa shape index (κ2) is 6.56. The van der Waals surface area contributed by atoms with E-state index in [-0.39, 0.29) is 5.91 Å². The molecule has 0 bridgehead atoms. The lowest BCUT2D eigenvalue weighted by Gasteiger charge is -2.27. The Kier molecular flexibility index (Phi) is 4.98. The molecule has 6 heteroatoms. The Morgan fingerprint density at radius 2 is 1.95 bits per heavy atom. The molecule has 1 aliphatic carbocycles. The number of nitrogen functional groups attached to an aromatic ring is 1. The van der Waals surface area contributed by atoms with Gasteiger partial charge < -0.3 is 20.7 Å². The zero-order valence-electron chi connectivity index (χ0n) is 13.2. The molecule has 1 aromatic rings. The van der Waals surface area contributed by atoms with Gasteiger partial charge >= 0.3 is 0 Å². The number of hydrogen-bond donors (Lipinski definition) is 2. The van der Waals surface area contributed by atoms with E-state index in [0.29, 0.717) is 22.4 Å². The molecule has 1 aromatic heterocycles. The SMILES string of the molecule is COc1c(NC2CCC(C)CC2)sc(C(=O)N(C)C)c1N. The monoisotopic (exact) mass is 311 g/mol. The van der Waals surface area contributed by atoms with Crippen molar-refractivity contribution >= 4 is 27.9 Å². The average molecular weight is 311 g/mol. The van der Waals surface area contributed by atoms with Gasteiger partial charge in [0, 0.05) is 20.1 Å². The lowest BCUT2D eigenvalue weighted by atomic mass is 9.87. The van der Waals surface area contributed by atoms with Crippen molar-refractivity contribution in [1.29, 1.82) is 0 Å². The Bertz CT molecular complexity index is 505. The zero-order chi connectivity index (χ0) is 15.6. The van der Waals surface area contributed by atoms with Crippen molar-refractivity contribution in [2.75, 3.05) is 32.3 Å². The number of nitrogens with zero attached hydrogens (tertiary/aromatic N) is 1. The van der Waals surface area contributed by atoms with Gasteiger partial charge in [-0.1, -0.05) is 6.92 Å². The number of methoxy groups -OCH3 is 1. The van der Waals surface area contributed by atoms with Crippen LogP contribution in [0.4, 0.5) is 10.7 Å². The van der Waals surface area contributed by atoms with E-state index in [9.17, 15) is 4.79 Å². The van der Waals surface area contributed by atoms with Crippen molar-refractivity contribution < 1.29 is 9.53 Å². The third-order valence-corrected chi connectivity index (χ3v) is 5.16. The van der Waals surface area contributed by atoms with Crippen molar-refractivity contribution in [3.8, 4) is 5.75 Å².